The number of hydrogen-bond acceptors (Lipinski definition) is 4. The van der Waals surface area contributed by atoms with E-state index in [1.54, 1.807) is 0 Å². The highest BCUT2D eigenvalue weighted by Gasteiger charge is 2.33. The first-order valence-corrected chi connectivity index (χ1v) is 4.59. The molecule has 1 atom stereocenters. The van der Waals surface area contributed by atoms with Gasteiger partial charge in [-0.1, -0.05) is 0 Å². The predicted octanol–water partition coefficient (Wildman–Crippen LogP) is 0.908. The summed E-state index contributed by atoms with van der Waals surface area (Å²) < 4.78 is 37.4. The molecule has 0 aliphatic carbocycles. The fraction of sp³-hybridized carbons (Fsp3) is 0.222. The number of benzene rings is 1. The van der Waals surface area contributed by atoms with E-state index in [1.807, 2.05) is 0 Å². The Morgan fingerprint density at radius 1 is 1.41 bits per heavy atom. The number of rotatable bonds is 0. The van der Waals surface area contributed by atoms with E-state index in [2.05, 4.69) is 5.32 Å². The molecular formula is C9H9F3N4O. The third-order valence-corrected chi connectivity index (χ3v) is 2.41. The summed E-state index contributed by atoms with van der Waals surface area (Å²) in [6.45, 7) is 0. The molecule has 1 aromatic rings. The van der Waals surface area contributed by atoms with Gasteiger partial charge < -0.3 is 10.4 Å². The molecule has 1 heterocycles. The lowest BCUT2D eigenvalue weighted by molar-refractivity contribution is -0.137. The number of aliphatic hydroxyl groups is 1. The van der Waals surface area contributed by atoms with Crippen LogP contribution in [-0.2, 0) is 6.18 Å². The van der Waals surface area contributed by atoms with Crippen LogP contribution in [0.4, 0.5) is 18.9 Å². The third kappa shape index (κ3) is 1.92. The number of nitrogens with one attached hydrogen (secondary N) is 2. The maximum atomic E-state index is 12.5. The van der Waals surface area contributed by atoms with Crippen LogP contribution in [0.1, 0.15) is 11.1 Å². The molecule has 0 saturated carbocycles. The Kier molecular flexibility index (Phi) is 2.48. The minimum absolute atomic E-state index is 0.00683. The van der Waals surface area contributed by atoms with E-state index in [0.29, 0.717) is 5.01 Å². The lowest BCUT2D eigenvalue weighted by atomic mass is 10.1. The Hall–Kier alpha value is -1.80. The van der Waals surface area contributed by atoms with Crippen LogP contribution in [0.3, 0.4) is 0 Å². The van der Waals surface area contributed by atoms with Crippen molar-refractivity contribution in [2.24, 2.45) is 5.84 Å². The number of aliphatic hydroxyl groups excluding tert-OH is 1. The molecule has 17 heavy (non-hydrogen) atoms. The van der Waals surface area contributed by atoms with Gasteiger partial charge >= 0.3 is 6.18 Å². The molecule has 0 aromatic heterocycles. The topological polar surface area (TPSA) is 85.4 Å². The molecule has 5 nitrogen and oxygen atoms in total. The number of hydrazine groups is 1. The smallest absolute Gasteiger partial charge is 0.355 e. The fourth-order valence-corrected chi connectivity index (χ4v) is 1.51. The van der Waals surface area contributed by atoms with Crippen LogP contribution in [0, 0.1) is 5.41 Å². The number of anilines is 1. The number of amidine groups is 1. The Morgan fingerprint density at radius 2 is 2.06 bits per heavy atom. The van der Waals surface area contributed by atoms with Crippen LogP contribution in [0.5, 0.6) is 0 Å². The van der Waals surface area contributed by atoms with Crippen LogP contribution < -0.4 is 11.2 Å². The van der Waals surface area contributed by atoms with E-state index >= 15 is 0 Å². The van der Waals surface area contributed by atoms with Crippen molar-refractivity contribution in [3.63, 3.8) is 0 Å². The maximum absolute atomic E-state index is 12.5. The van der Waals surface area contributed by atoms with Crippen molar-refractivity contribution in [1.82, 2.24) is 5.01 Å². The first kappa shape index (κ1) is 11.7. The van der Waals surface area contributed by atoms with Crippen molar-refractivity contribution >= 4 is 11.5 Å². The first-order valence-electron chi connectivity index (χ1n) is 4.59. The van der Waals surface area contributed by atoms with Gasteiger partial charge in [0.05, 0.1) is 5.56 Å². The number of fused-ring (bicyclic) bond motifs is 1. The van der Waals surface area contributed by atoms with Crippen LogP contribution in [0.15, 0.2) is 18.2 Å². The van der Waals surface area contributed by atoms with Gasteiger partial charge in [-0.2, -0.15) is 13.2 Å². The minimum atomic E-state index is -4.48. The van der Waals surface area contributed by atoms with Crippen molar-refractivity contribution in [3.05, 3.63) is 29.3 Å². The Labute approximate surface area is 94.1 Å². The van der Waals surface area contributed by atoms with Crippen molar-refractivity contribution in [1.29, 1.82) is 5.41 Å². The van der Waals surface area contributed by atoms with Gasteiger partial charge in [0.15, 0.2) is 0 Å². The molecule has 1 aliphatic heterocycles. The summed E-state index contributed by atoms with van der Waals surface area (Å²) in [6.07, 6.45) is -5.81. The fourth-order valence-electron chi connectivity index (χ4n) is 1.51. The van der Waals surface area contributed by atoms with Crippen LogP contribution in [0.25, 0.3) is 0 Å². The predicted molar refractivity (Wildman–Crippen MR) is 53.9 cm³/mol. The summed E-state index contributed by atoms with van der Waals surface area (Å²) in [6, 6.07) is 2.84. The van der Waals surface area contributed by atoms with Crippen LogP contribution in [-0.4, -0.2) is 22.3 Å². The monoisotopic (exact) mass is 246 g/mol. The van der Waals surface area contributed by atoms with Gasteiger partial charge in [-0.3, -0.25) is 5.41 Å². The van der Waals surface area contributed by atoms with E-state index in [1.165, 1.54) is 0 Å². The van der Waals surface area contributed by atoms with Crippen LogP contribution in [0.2, 0.25) is 0 Å². The molecule has 1 aromatic carbocycles. The van der Waals surface area contributed by atoms with E-state index in [0.717, 1.165) is 18.2 Å². The van der Waals surface area contributed by atoms with Crippen molar-refractivity contribution in [2.45, 2.75) is 12.5 Å². The number of nitrogens with zero attached hydrogens (tertiary/aromatic N) is 1. The summed E-state index contributed by atoms with van der Waals surface area (Å²) in [5.41, 5.74) is -0.641. The molecule has 0 radical (unpaired) electrons. The lowest BCUT2D eigenvalue weighted by Crippen LogP contribution is -2.52. The van der Waals surface area contributed by atoms with Gasteiger partial charge in [0, 0.05) is 11.3 Å². The van der Waals surface area contributed by atoms with Crippen molar-refractivity contribution in [2.75, 3.05) is 5.32 Å². The van der Waals surface area contributed by atoms with Gasteiger partial charge in [0.2, 0.25) is 6.35 Å². The Bertz CT molecular complexity index is 474. The number of hydrogen-bond donors (Lipinski definition) is 4. The molecule has 0 saturated heterocycles. The standard InChI is InChI=1S/C9H9F3N4O/c10-9(11,12)4-1-2-6-5(3-4)7(13)16(14)8(17)15-6/h1-3,8,13,15,17H,14H2. The second-order valence-corrected chi connectivity index (χ2v) is 3.53. The van der Waals surface area contributed by atoms with Gasteiger partial charge in [0.25, 0.3) is 0 Å². The summed E-state index contributed by atoms with van der Waals surface area (Å²) in [5, 5.41) is 20.0. The average Bonchev–Trinajstić information content (AvgIpc) is 2.24. The number of nitrogens with two attached hydrogens (primary N) is 1. The Morgan fingerprint density at radius 3 is 2.65 bits per heavy atom. The zero-order chi connectivity index (χ0) is 12.8. The van der Waals surface area contributed by atoms with Gasteiger partial charge in [-0.05, 0) is 18.2 Å². The number of halogens is 3. The quantitative estimate of drug-likeness (QED) is 0.512. The highest BCUT2D eigenvalue weighted by molar-refractivity contribution is 6.03. The molecule has 8 heteroatoms. The summed E-state index contributed by atoms with van der Waals surface area (Å²) >= 11 is 0. The van der Waals surface area contributed by atoms with Gasteiger partial charge in [0.1, 0.15) is 5.84 Å². The normalized spacial score (nSPS) is 19.9. The lowest BCUT2D eigenvalue weighted by Gasteiger charge is -2.33. The molecule has 0 bridgehead atoms. The van der Waals surface area contributed by atoms with Gasteiger partial charge in [-0.25, -0.2) is 10.9 Å². The van der Waals surface area contributed by atoms with Crippen molar-refractivity contribution in [3.8, 4) is 0 Å². The zero-order valence-corrected chi connectivity index (χ0v) is 8.42. The summed E-state index contributed by atoms with van der Waals surface area (Å²) in [5.74, 6) is 4.93. The SMILES string of the molecule is N=C1c2cc(C(F)(F)F)ccc2NC(O)N1N. The summed E-state index contributed by atoms with van der Waals surface area (Å²) in [4.78, 5) is 0. The van der Waals surface area contributed by atoms with Crippen LogP contribution >= 0.6 is 0 Å². The summed E-state index contributed by atoms with van der Waals surface area (Å²) in [7, 11) is 0. The van der Waals surface area contributed by atoms with E-state index in [9.17, 15) is 18.3 Å². The molecule has 2 rings (SSSR count). The van der Waals surface area contributed by atoms with E-state index in [4.69, 9.17) is 11.3 Å². The molecular weight excluding hydrogens is 237 g/mol. The second kappa shape index (κ2) is 3.60. The zero-order valence-electron chi connectivity index (χ0n) is 8.42. The highest BCUT2D eigenvalue weighted by atomic mass is 19.4. The third-order valence-electron chi connectivity index (χ3n) is 2.41. The Balaban J connectivity index is 2.50. The second-order valence-electron chi connectivity index (χ2n) is 3.53. The molecule has 92 valence electrons. The van der Waals surface area contributed by atoms with Crippen molar-refractivity contribution < 1.29 is 18.3 Å². The molecule has 0 fully saturated rings. The largest absolute Gasteiger partial charge is 0.416 e. The van der Waals surface area contributed by atoms with Gasteiger partial charge in [-0.15, -0.1) is 0 Å². The molecule has 1 unspecified atom stereocenters. The highest BCUT2D eigenvalue weighted by Crippen LogP contribution is 2.33. The van der Waals surface area contributed by atoms with E-state index in [-0.39, 0.29) is 17.1 Å². The minimum Gasteiger partial charge on any atom is -0.355 e. The molecule has 1 aliphatic rings. The molecule has 0 spiro atoms. The van der Waals surface area contributed by atoms with E-state index < -0.39 is 18.1 Å². The molecule has 0 amide bonds. The first-order chi connectivity index (χ1) is 7.80. The molecule has 5 N–H and O–H groups in total. The average molecular weight is 246 g/mol. The maximum Gasteiger partial charge on any atom is 0.416 e. The number of alkyl halides is 3.